The zero-order chi connectivity index (χ0) is 13.1. The maximum Gasteiger partial charge on any atom is 0.160 e. The summed E-state index contributed by atoms with van der Waals surface area (Å²) in [5.74, 6) is 0. The number of hydrogen-bond donors (Lipinski definition) is 0. The Labute approximate surface area is 115 Å². The first-order chi connectivity index (χ1) is 9.36. The molecule has 1 aromatic heterocycles. The number of hydrogen-bond acceptors (Lipinski definition) is 3. The first kappa shape index (κ1) is 11.8. The fourth-order valence-electron chi connectivity index (χ4n) is 1.96. The Morgan fingerprint density at radius 2 is 1.68 bits per heavy atom. The quantitative estimate of drug-likeness (QED) is 0.507. The Hall–Kier alpha value is -2.26. The van der Waals surface area contributed by atoms with Gasteiger partial charge in [0.1, 0.15) is 0 Å². The number of aliphatic imine (C=N–C) groups is 1. The third kappa shape index (κ3) is 2.46. The van der Waals surface area contributed by atoms with Crippen LogP contribution in [0.3, 0.4) is 0 Å². The van der Waals surface area contributed by atoms with E-state index in [0.717, 1.165) is 27.1 Å². The molecule has 0 saturated carbocycles. The van der Waals surface area contributed by atoms with E-state index >= 15 is 0 Å². The Kier molecular flexibility index (Phi) is 3.21. The number of carbonyl (C=O) groups is 1. The van der Waals surface area contributed by atoms with Crippen LogP contribution in [0.5, 0.6) is 0 Å². The van der Waals surface area contributed by atoms with E-state index in [9.17, 15) is 4.79 Å². The van der Waals surface area contributed by atoms with Crippen molar-refractivity contribution >= 4 is 40.3 Å². The molecule has 0 atom stereocenters. The molecule has 0 aliphatic heterocycles. The molecular weight excluding hydrogens is 254 g/mol. The van der Waals surface area contributed by atoms with Crippen molar-refractivity contribution < 1.29 is 4.79 Å². The first-order valence-electron chi connectivity index (χ1n) is 5.94. The van der Waals surface area contributed by atoms with Gasteiger partial charge in [0.05, 0.1) is 10.6 Å². The van der Waals surface area contributed by atoms with Gasteiger partial charge in [-0.2, -0.15) is 0 Å². The molecule has 0 N–H and O–H groups in total. The number of nitrogens with zero attached hydrogens (tertiary/aromatic N) is 1. The van der Waals surface area contributed by atoms with Gasteiger partial charge in [0, 0.05) is 16.5 Å². The van der Waals surface area contributed by atoms with Gasteiger partial charge in [-0.3, -0.25) is 9.79 Å². The standard InChI is InChI=1S/C16H11NOS/c18-11-14-9-8-13(19-14)10-17-16-7-3-5-12-4-1-2-6-15(12)16/h1-11H. The van der Waals surface area contributed by atoms with Crippen LogP contribution in [0, 0.1) is 0 Å². The summed E-state index contributed by atoms with van der Waals surface area (Å²) in [5.41, 5.74) is 0.944. The highest BCUT2D eigenvalue weighted by atomic mass is 32.1. The van der Waals surface area contributed by atoms with E-state index in [-0.39, 0.29) is 0 Å². The van der Waals surface area contributed by atoms with Crippen molar-refractivity contribution in [3.63, 3.8) is 0 Å². The largest absolute Gasteiger partial charge is 0.297 e. The van der Waals surface area contributed by atoms with Crippen LogP contribution in [0.15, 0.2) is 59.6 Å². The SMILES string of the molecule is O=Cc1ccc(C=Nc2cccc3ccccc23)s1. The lowest BCUT2D eigenvalue weighted by molar-refractivity contribution is 0.112. The smallest absolute Gasteiger partial charge is 0.160 e. The summed E-state index contributed by atoms with van der Waals surface area (Å²) >= 11 is 1.44. The maximum absolute atomic E-state index is 10.6. The molecule has 0 bridgehead atoms. The molecule has 92 valence electrons. The van der Waals surface area contributed by atoms with Gasteiger partial charge in [0.15, 0.2) is 6.29 Å². The van der Waals surface area contributed by atoms with Crippen LogP contribution in [0.4, 0.5) is 5.69 Å². The van der Waals surface area contributed by atoms with Crippen LogP contribution in [0.1, 0.15) is 14.5 Å². The van der Waals surface area contributed by atoms with Crippen LogP contribution < -0.4 is 0 Å². The fraction of sp³-hybridized carbons (Fsp3) is 0. The molecule has 0 amide bonds. The van der Waals surface area contributed by atoms with Crippen molar-refractivity contribution in [1.29, 1.82) is 0 Å². The predicted octanol–water partition coefficient (Wildman–Crippen LogP) is 4.46. The lowest BCUT2D eigenvalue weighted by Crippen LogP contribution is -1.75. The molecule has 2 nitrogen and oxygen atoms in total. The van der Waals surface area contributed by atoms with Crippen LogP contribution in [-0.2, 0) is 0 Å². The molecule has 0 fully saturated rings. The summed E-state index contributed by atoms with van der Waals surface area (Å²) in [5, 5.41) is 2.31. The number of carbonyl (C=O) groups excluding carboxylic acids is 1. The van der Waals surface area contributed by atoms with Crippen molar-refractivity contribution in [2.45, 2.75) is 0 Å². The summed E-state index contributed by atoms with van der Waals surface area (Å²) in [4.78, 5) is 16.9. The molecular formula is C16H11NOS. The highest BCUT2D eigenvalue weighted by molar-refractivity contribution is 7.15. The summed E-state index contributed by atoms with van der Waals surface area (Å²) in [7, 11) is 0. The zero-order valence-electron chi connectivity index (χ0n) is 10.1. The van der Waals surface area contributed by atoms with Crippen molar-refractivity contribution in [3.8, 4) is 0 Å². The molecule has 2 aromatic carbocycles. The van der Waals surface area contributed by atoms with Crippen molar-refractivity contribution in [3.05, 3.63) is 64.4 Å². The summed E-state index contributed by atoms with van der Waals surface area (Å²) < 4.78 is 0. The third-order valence-corrected chi connectivity index (χ3v) is 3.81. The highest BCUT2D eigenvalue weighted by Crippen LogP contribution is 2.25. The minimum absolute atomic E-state index is 0.722. The average Bonchev–Trinajstić information content (AvgIpc) is 2.93. The minimum Gasteiger partial charge on any atom is -0.297 e. The van der Waals surface area contributed by atoms with E-state index in [1.807, 2.05) is 36.4 Å². The van der Waals surface area contributed by atoms with Gasteiger partial charge >= 0.3 is 0 Å². The Balaban J connectivity index is 1.98. The highest BCUT2D eigenvalue weighted by Gasteiger charge is 1.99. The minimum atomic E-state index is 0.722. The molecule has 1 heterocycles. The number of rotatable bonds is 3. The van der Waals surface area contributed by atoms with Crippen molar-refractivity contribution in [2.75, 3.05) is 0 Å². The van der Waals surface area contributed by atoms with Crippen molar-refractivity contribution in [2.24, 2.45) is 4.99 Å². The third-order valence-electron chi connectivity index (χ3n) is 2.86. The summed E-state index contributed by atoms with van der Waals surface area (Å²) in [6, 6.07) is 17.9. The van der Waals surface area contributed by atoms with Gasteiger partial charge in [-0.1, -0.05) is 36.4 Å². The summed E-state index contributed by atoms with van der Waals surface area (Å²) in [6.45, 7) is 0. The number of fused-ring (bicyclic) bond motifs is 1. The average molecular weight is 265 g/mol. The van der Waals surface area contributed by atoms with Gasteiger partial charge in [-0.25, -0.2) is 0 Å². The Morgan fingerprint density at radius 3 is 2.53 bits per heavy atom. The molecule has 0 aliphatic carbocycles. The van der Waals surface area contributed by atoms with E-state index in [2.05, 4.69) is 23.2 Å². The molecule has 0 spiro atoms. The van der Waals surface area contributed by atoms with E-state index < -0.39 is 0 Å². The second-order valence-electron chi connectivity index (χ2n) is 4.11. The molecule has 19 heavy (non-hydrogen) atoms. The Bertz CT molecular complexity index is 753. The number of aldehydes is 1. The van der Waals surface area contributed by atoms with Gasteiger partial charge in [0.2, 0.25) is 0 Å². The zero-order valence-corrected chi connectivity index (χ0v) is 10.9. The normalized spacial score (nSPS) is 11.2. The molecule has 3 heteroatoms. The molecule has 3 aromatic rings. The van der Waals surface area contributed by atoms with Crippen molar-refractivity contribution in [1.82, 2.24) is 0 Å². The monoisotopic (exact) mass is 265 g/mol. The van der Waals surface area contributed by atoms with E-state index in [0.29, 0.717) is 0 Å². The summed E-state index contributed by atoms with van der Waals surface area (Å²) in [6.07, 6.45) is 2.67. The number of thiophene rings is 1. The number of benzene rings is 2. The van der Waals surface area contributed by atoms with Crippen LogP contribution in [-0.4, -0.2) is 12.5 Å². The van der Waals surface area contributed by atoms with Gasteiger partial charge in [-0.05, 0) is 23.6 Å². The lowest BCUT2D eigenvalue weighted by atomic mass is 10.1. The van der Waals surface area contributed by atoms with E-state index in [4.69, 9.17) is 0 Å². The molecule has 0 aliphatic rings. The maximum atomic E-state index is 10.6. The van der Waals surface area contributed by atoms with E-state index in [1.54, 1.807) is 6.21 Å². The van der Waals surface area contributed by atoms with E-state index in [1.165, 1.54) is 16.7 Å². The molecule has 3 rings (SSSR count). The Morgan fingerprint density at radius 1 is 0.895 bits per heavy atom. The van der Waals surface area contributed by atoms with Crippen LogP contribution in [0.2, 0.25) is 0 Å². The van der Waals surface area contributed by atoms with Gasteiger partial charge < -0.3 is 0 Å². The second kappa shape index (κ2) is 5.16. The molecule has 0 radical (unpaired) electrons. The first-order valence-corrected chi connectivity index (χ1v) is 6.75. The predicted molar refractivity (Wildman–Crippen MR) is 80.9 cm³/mol. The van der Waals surface area contributed by atoms with Crippen LogP contribution in [0.25, 0.3) is 10.8 Å². The fourth-order valence-corrected chi connectivity index (χ4v) is 2.65. The lowest BCUT2D eigenvalue weighted by Gasteiger charge is -2.00. The molecule has 0 saturated heterocycles. The molecule has 0 unspecified atom stereocenters. The second-order valence-corrected chi connectivity index (χ2v) is 5.26. The topological polar surface area (TPSA) is 29.4 Å². The van der Waals surface area contributed by atoms with Crippen LogP contribution >= 0.6 is 11.3 Å². The van der Waals surface area contributed by atoms with Gasteiger partial charge in [-0.15, -0.1) is 11.3 Å². The van der Waals surface area contributed by atoms with Gasteiger partial charge in [0.25, 0.3) is 0 Å².